The summed E-state index contributed by atoms with van der Waals surface area (Å²) in [6.45, 7) is 2.06. The molecule has 0 rings (SSSR count). The van der Waals surface area contributed by atoms with Crippen molar-refractivity contribution in [3.8, 4) is 0 Å². The SMILES string of the molecule is CCOC(N)=O.O=[N+]([O-])[O-].[Ag+]. The predicted molar refractivity (Wildman–Crippen MR) is 31.6 cm³/mol. The van der Waals surface area contributed by atoms with Crippen molar-refractivity contribution in [2.24, 2.45) is 5.73 Å². The van der Waals surface area contributed by atoms with Gasteiger partial charge in [0.1, 0.15) is 0 Å². The van der Waals surface area contributed by atoms with Crippen molar-refractivity contribution >= 4 is 6.09 Å². The van der Waals surface area contributed by atoms with E-state index in [1.54, 1.807) is 6.92 Å². The van der Waals surface area contributed by atoms with Crippen LogP contribution in [-0.4, -0.2) is 17.8 Å². The summed E-state index contributed by atoms with van der Waals surface area (Å²) in [5, 5.41) is 14.8. The minimum Gasteiger partial charge on any atom is -0.450 e. The molecule has 0 saturated heterocycles. The standard InChI is InChI=1S/C3H7NO2.Ag.NO3/c1-2-6-3(4)5;;2-1(3)4/h2H2,1H3,(H2,4,5);;/q;+1;-1. The van der Waals surface area contributed by atoms with Crippen molar-refractivity contribution in [3.63, 3.8) is 0 Å². The number of carbonyl (C=O) groups excluding carboxylic acids is 1. The Kier molecular flexibility index (Phi) is 18.1. The van der Waals surface area contributed by atoms with E-state index in [4.69, 9.17) is 15.3 Å². The largest absolute Gasteiger partial charge is 1.00 e. The molecule has 1 amide bonds. The molecular formula is C3H7AgN2O5. The number of primary amides is 1. The zero-order chi connectivity index (χ0) is 8.57. The second-order valence-electron chi connectivity index (χ2n) is 0.976. The molecule has 7 nitrogen and oxygen atoms in total. The fraction of sp³-hybridized carbons (Fsp3) is 0.667. The first-order valence-electron chi connectivity index (χ1n) is 2.24. The van der Waals surface area contributed by atoms with Crippen LogP contribution in [0.5, 0.6) is 0 Å². The first-order valence-corrected chi connectivity index (χ1v) is 2.24. The van der Waals surface area contributed by atoms with Crippen LogP contribution in [0.25, 0.3) is 0 Å². The van der Waals surface area contributed by atoms with E-state index >= 15 is 0 Å². The van der Waals surface area contributed by atoms with Gasteiger partial charge in [-0.25, -0.2) is 4.79 Å². The minimum absolute atomic E-state index is 0. The first kappa shape index (κ1) is 16.7. The van der Waals surface area contributed by atoms with Gasteiger partial charge >= 0.3 is 28.5 Å². The quantitative estimate of drug-likeness (QED) is 0.399. The molecule has 0 aromatic carbocycles. The zero-order valence-electron chi connectivity index (χ0n) is 5.57. The van der Waals surface area contributed by atoms with Crippen LogP contribution in [0.4, 0.5) is 4.79 Å². The van der Waals surface area contributed by atoms with Gasteiger partial charge in [-0.05, 0) is 6.92 Å². The number of hydrogen-bond acceptors (Lipinski definition) is 5. The number of carbonyl (C=O) groups is 1. The van der Waals surface area contributed by atoms with Crippen LogP contribution in [0.1, 0.15) is 6.92 Å². The summed E-state index contributed by atoms with van der Waals surface area (Å²) >= 11 is 0. The maximum Gasteiger partial charge on any atom is 1.00 e. The van der Waals surface area contributed by atoms with Gasteiger partial charge < -0.3 is 25.8 Å². The molecule has 0 saturated carbocycles. The van der Waals surface area contributed by atoms with Gasteiger partial charge in [0.2, 0.25) is 0 Å². The van der Waals surface area contributed by atoms with Gasteiger partial charge in [-0.2, -0.15) is 0 Å². The molecule has 8 heteroatoms. The van der Waals surface area contributed by atoms with Crippen molar-refractivity contribution in [3.05, 3.63) is 15.3 Å². The molecule has 0 unspecified atom stereocenters. The molecule has 0 aromatic rings. The summed E-state index contributed by atoms with van der Waals surface area (Å²) in [7, 11) is 0. The molecule has 0 aliphatic rings. The van der Waals surface area contributed by atoms with E-state index < -0.39 is 11.2 Å². The van der Waals surface area contributed by atoms with Crippen LogP contribution in [0.3, 0.4) is 0 Å². The van der Waals surface area contributed by atoms with E-state index in [9.17, 15) is 4.79 Å². The molecular weight excluding hydrogens is 252 g/mol. The topological polar surface area (TPSA) is 119 Å². The average Bonchev–Trinajstić information content (AvgIpc) is 1.62. The monoisotopic (exact) mass is 258 g/mol. The molecule has 11 heavy (non-hydrogen) atoms. The molecule has 0 aromatic heterocycles. The van der Waals surface area contributed by atoms with Crippen molar-refractivity contribution in [2.75, 3.05) is 6.61 Å². The molecule has 2 N–H and O–H groups in total. The van der Waals surface area contributed by atoms with Crippen LogP contribution < -0.4 is 5.73 Å². The maximum atomic E-state index is 9.60. The molecule has 70 valence electrons. The molecule has 0 heterocycles. The Hall–Kier alpha value is -0.790. The van der Waals surface area contributed by atoms with Crippen LogP contribution in [0.2, 0.25) is 0 Å². The van der Waals surface area contributed by atoms with Gasteiger partial charge in [0, 0.05) is 0 Å². The number of ether oxygens (including phenoxy) is 1. The number of amides is 1. The van der Waals surface area contributed by atoms with E-state index in [-0.39, 0.29) is 22.4 Å². The number of nitrogens with zero attached hydrogens (tertiary/aromatic N) is 1. The number of rotatable bonds is 1. The molecule has 0 radical (unpaired) electrons. The van der Waals surface area contributed by atoms with E-state index in [2.05, 4.69) is 10.5 Å². The first-order chi connectivity index (χ1) is 4.50. The van der Waals surface area contributed by atoms with E-state index in [0.717, 1.165) is 0 Å². The molecule has 0 bridgehead atoms. The van der Waals surface area contributed by atoms with Gasteiger partial charge in [0.25, 0.3) is 0 Å². The molecule has 0 fully saturated rings. The summed E-state index contributed by atoms with van der Waals surface area (Å²) in [4.78, 5) is 17.8. The molecule has 0 atom stereocenters. The summed E-state index contributed by atoms with van der Waals surface area (Å²) < 4.78 is 4.18. The van der Waals surface area contributed by atoms with Crippen LogP contribution in [0.15, 0.2) is 0 Å². The molecule has 0 spiro atoms. The smallest absolute Gasteiger partial charge is 0.450 e. The maximum absolute atomic E-state index is 9.60. The van der Waals surface area contributed by atoms with Gasteiger partial charge in [0.05, 0.1) is 11.7 Å². The predicted octanol–water partition coefficient (Wildman–Crippen LogP) is -0.140. The van der Waals surface area contributed by atoms with Gasteiger partial charge in [-0.15, -0.1) is 0 Å². The summed E-state index contributed by atoms with van der Waals surface area (Å²) in [6, 6.07) is 0. The van der Waals surface area contributed by atoms with Gasteiger partial charge in [-0.3, -0.25) is 0 Å². The Morgan fingerprint density at radius 3 is 1.91 bits per heavy atom. The number of hydrogen-bond donors (Lipinski definition) is 1. The number of nitrogens with two attached hydrogens (primary N) is 1. The van der Waals surface area contributed by atoms with E-state index in [0.29, 0.717) is 6.61 Å². The fourth-order valence-corrected chi connectivity index (χ4v) is 0.142. The van der Waals surface area contributed by atoms with Crippen molar-refractivity contribution < 1.29 is 37.0 Å². The van der Waals surface area contributed by atoms with Crippen LogP contribution in [-0.2, 0) is 27.1 Å². The Morgan fingerprint density at radius 2 is 1.91 bits per heavy atom. The zero-order valence-corrected chi connectivity index (χ0v) is 7.06. The Bertz CT molecular complexity index is 114. The summed E-state index contributed by atoms with van der Waals surface area (Å²) in [6.07, 6.45) is -0.711. The Balaban J connectivity index is -0.000000114. The summed E-state index contributed by atoms with van der Waals surface area (Å²) in [5.41, 5.74) is 4.54. The van der Waals surface area contributed by atoms with Crippen molar-refractivity contribution in [1.29, 1.82) is 0 Å². The second-order valence-corrected chi connectivity index (χ2v) is 0.976. The third-order valence-electron chi connectivity index (χ3n) is 0.287. The van der Waals surface area contributed by atoms with Crippen LogP contribution >= 0.6 is 0 Å². The van der Waals surface area contributed by atoms with Gasteiger partial charge in [0.15, 0.2) is 0 Å². The van der Waals surface area contributed by atoms with Crippen LogP contribution in [0, 0.1) is 15.3 Å². The fourth-order valence-electron chi connectivity index (χ4n) is 0.142. The molecule has 0 aliphatic carbocycles. The van der Waals surface area contributed by atoms with Crippen molar-refractivity contribution in [1.82, 2.24) is 0 Å². The second kappa shape index (κ2) is 11.9. The molecule has 0 aliphatic heterocycles. The Morgan fingerprint density at radius 1 is 1.64 bits per heavy atom. The third kappa shape index (κ3) is 98.0. The van der Waals surface area contributed by atoms with E-state index in [1.165, 1.54) is 0 Å². The van der Waals surface area contributed by atoms with Gasteiger partial charge in [-0.1, -0.05) is 0 Å². The van der Waals surface area contributed by atoms with Crippen molar-refractivity contribution in [2.45, 2.75) is 6.92 Å². The average molecular weight is 259 g/mol. The normalized spacial score (nSPS) is 6.27. The Labute approximate surface area is 78.1 Å². The minimum atomic E-state index is -1.75. The third-order valence-corrected chi connectivity index (χ3v) is 0.287. The van der Waals surface area contributed by atoms with E-state index in [1.807, 2.05) is 0 Å². The summed E-state index contributed by atoms with van der Waals surface area (Å²) in [5.74, 6) is 0.